The van der Waals surface area contributed by atoms with Crippen LogP contribution in [0.25, 0.3) is 0 Å². The molecule has 1 aromatic heterocycles. The number of benzene rings is 1. The SMILES string of the molecule is CN1CCc2nc(C(=O)N[C@@H]3C[C@@H](C(=O)N(C)C)CC[C@@H]3NC(=O)C(=O)Nc3ccc(Cl)cc3)sc2C1.Cl. The number of nitrogens with one attached hydrogen (secondary N) is 3. The van der Waals surface area contributed by atoms with Crippen LogP contribution in [0.4, 0.5) is 5.69 Å². The van der Waals surface area contributed by atoms with Crippen LogP contribution in [0.1, 0.15) is 39.6 Å². The number of thiazole rings is 1. The lowest BCUT2D eigenvalue weighted by Crippen LogP contribution is -2.57. The zero-order chi connectivity index (χ0) is 26.7. The highest BCUT2D eigenvalue weighted by atomic mass is 35.5. The maximum Gasteiger partial charge on any atom is 0.313 e. The lowest BCUT2D eigenvalue weighted by atomic mass is 9.81. The molecule has 13 heteroatoms. The molecule has 1 aromatic carbocycles. The van der Waals surface area contributed by atoms with E-state index < -0.39 is 23.9 Å². The van der Waals surface area contributed by atoms with E-state index in [9.17, 15) is 19.2 Å². The number of anilines is 1. The second-order valence-electron chi connectivity index (χ2n) is 9.74. The molecular formula is C25H32Cl2N6O4S. The maximum atomic E-state index is 13.2. The van der Waals surface area contributed by atoms with Gasteiger partial charge in [-0.2, -0.15) is 0 Å². The summed E-state index contributed by atoms with van der Waals surface area (Å²) in [5.41, 5.74) is 1.38. The number of amides is 4. The lowest BCUT2D eigenvalue weighted by Gasteiger charge is -2.37. The number of hydrogen-bond acceptors (Lipinski definition) is 7. The molecule has 2 aromatic rings. The average molecular weight is 584 g/mol. The van der Waals surface area contributed by atoms with E-state index in [1.165, 1.54) is 16.2 Å². The summed E-state index contributed by atoms with van der Waals surface area (Å²) in [7, 11) is 5.42. The van der Waals surface area contributed by atoms with Crippen molar-refractivity contribution in [2.24, 2.45) is 5.92 Å². The molecule has 2 aliphatic rings. The number of nitrogens with zero attached hydrogens (tertiary/aromatic N) is 3. The second kappa shape index (κ2) is 12.9. The topological polar surface area (TPSA) is 124 Å². The van der Waals surface area contributed by atoms with Crippen molar-refractivity contribution in [3.8, 4) is 0 Å². The Morgan fingerprint density at radius 2 is 1.76 bits per heavy atom. The van der Waals surface area contributed by atoms with Crippen LogP contribution in [0.2, 0.25) is 5.02 Å². The van der Waals surface area contributed by atoms with Crippen LogP contribution in [-0.2, 0) is 27.3 Å². The molecule has 2 heterocycles. The Bertz CT molecular complexity index is 1190. The number of likely N-dealkylation sites (N-methyl/N-ethyl adjacent to an activating group) is 1. The molecule has 1 aliphatic heterocycles. The van der Waals surface area contributed by atoms with E-state index in [1.54, 1.807) is 38.4 Å². The minimum atomic E-state index is -0.824. The summed E-state index contributed by atoms with van der Waals surface area (Å²) in [4.78, 5) is 60.4. The Morgan fingerprint density at radius 1 is 1.05 bits per heavy atom. The quantitative estimate of drug-likeness (QED) is 0.465. The molecule has 206 valence electrons. The number of rotatable bonds is 5. The molecule has 10 nitrogen and oxygen atoms in total. The number of carbonyl (C=O) groups excluding carboxylic acids is 4. The van der Waals surface area contributed by atoms with Crippen molar-refractivity contribution < 1.29 is 19.2 Å². The molecule has 4 rings (SSSR count). The highest BCUT2D eigenvalue weighted by Gasteiger charge is 2.37. The smallest absolute Gasteiger partial charge is 0.313 e. The Morgan fingerprint density at radius 3 is 2.45 bits per heavy atom. The van der Waals surface area contributed by atoms with E-state index in [4.69, 9.17) is 11.6 Å². The molecule has 1 aliphatic carbocycles. The Kier molecular flexibility index (Phi) is 10.1. The molecule has 3 N–H and O–H groups in total. The van der Waals surface area contributed by atoms with Crippen LogP contribution >= 0.6 is 35.3 Å². The number of aromatic nitrogens is 1. The normalized spacial score (nSPS) is 20.9. The highest BCUT2D eigenvalue weighted by Crippen LogP contribution is 2.28. The first-order valence-electron chi connectivity index (χ1n) is 12.2. The summed E-state index contributed by atoms with van der Waals surface area (Å²) >= 11 is 7.24. The summed E-state index contributed by atoms with van der Waals surface area (Å²) in [6.45, 7) is 1.64. The summed E-state index contributed by atoms with van der Waals surface area (Å²) in [6.07, 6.45) is 2.11. The Labute approximate surface area is 236 Å². The third-order valence-corrected chi connectivity index (χ3v) is 8.03. The Balaban J connectivity index is 0.00000400. The van der Waals surface area contributed by atoms with Crippen molar-refractivity contribution in [3.05, 3.63) is 44.9 Å². The second-order valence-corrected chi connectivity index (χ2v) is 11.3. The summed E-state index contributed by atoms with van der Waals surface area (Å²) in [5, 5.41) is 9.18. The first-order chi connectivity index (χ1) is 17.6. The molecule has 1 fully saturated rings. The molecule has 38 heavy (non-hydrogen) atoms. The molecular weight excluding hydrogens is 551 g/mol. The predicted octanol–water partition coefficient (Wildman–Crippen LogP) is 2.32. The molecule has 0 unspecified atom stereocenters. The molecule has 3 atom stereocenters. The van der Waals surface area contributed by atoms with E-state index in [1.807, 2.05) is 7.05 Å². The number of carbonyl (C=O) groups is 4. The van der Waals surface area contributed by atoms with E-state index >= 15 is 0 Å². The van der Waals surface area contributed by atoms with Crippen molar-refractivity contribution in [1.82, 2.24) is 25.4 Å². The molecule has 0 bridgehead atoms. The van der Waals surface area contributed by atoms with Gasteiger partial charge < -0.3 is 25.8 Å². The lowest BCUT2D eigenvalue weighted by molar-refractivity contribution is -0.137. The highest BCUT2D eigenvalue weighted by molar-refractivity contribution is 7.13. The minimum Gasteiger partial charge on any atom is -0.349 e. The molecule has 0 radical (unpaired) electrons. The standard InChI is InChI=1S/C25H31ClN6O4S.ClH/c1-31(2)25(36)14-4-9-17(28-22(34)21(33)27-16-7-5-15(26)6-8-16)19(12-14)29-23(35)24-30-18-10-11-32(3)13-20(18)37-24;/h5-8,14,17,19H,4,9-13H2,1-3H3,(H,27,33)(H,28,34)(H,29,35);1H/t14-,17-,19+;/m0./s1. The largest absolute Gasteiger partial charge is 0.349 e. The van der Waals surface area contributed by atoms with Crippen LogP contribution in [0.5, 0.6) is 0 Å². The summed E-state index contributed by atoms with van der Waals surface area (Å²) < 4.78 is 0. The predicted molar refractivity (Wildman–Crippen MR) is 149 cm³/mol. The minimum absolute atomic E-state index is 0. The van der Waals surface area contributed by atoms with Gasteiger partial charge in [-0.3, -0.25) is 19.2 Å². The summed E-state index contributed by atoms with van der Waals surface area (Å²) in [6, 6.07) is 5.36. The Hall–Kier alpha value is -2.73. The fraction of sp³-hybridized carbons (Fsp3) is 0.480. The van der Waals surface area contributed by atoms with Gasteiger partial charge in [0.1, 0.15) is 0 Å². The van der Waals surface area contributed by atoms with Crippen molar-refractivity contribution >= 4 is 64.7 Å². The van der Waals surface area contributed by atoms with Crippen LogP contribution in [0.15, 0.2) is 24.3 Å². The van der Waals surface area contributed by atoms with E-state index in [0.29, 0.717) is 35.0 Å². The number of halogens is 2. The van der Waals surface area contributed by atoms with Gasteiger partial charge >= 0.3 is 11.8 Å². The van der Waals surface area contributed by atoms with E-state index in [2.05, 4.69) is 25.8 Å². The molecule has 4 amide bonds. The van der Waals surface area contributed by atoms with Gasteiger partial charge in [-0.15, -0.1) is 23.7 Å². The zero-order valence-corrected chi connectivity index (χ0v) is 23.8. The van der Waals surface area contributed by atoms with Gasteiger partial charge in [0.25, 0.3) is 5.91 Å². The molecule has 0 spiro atoms. The van der Waals surface area contributed by atoms with Crippen molar-refractivity contribution in [1.29, 1.82) is 0 Å². The van der Waals surface area contributed by atoms with Gasteiger partial charge in [-0.25, -0.2) is 4.98 Å². The summed E-state index contributed by atoms with van der Waals surface area (Å²) in [5.74, 6) is -2.30. The van der Waals surface area contributed by atoms with Gasteiger partial charge in [0, 0.05) is 61.2 Å². The van der Waals surface area contributed by atoms with Crippen LogP contribution in [-0.4, -0.2) is 78.2 Å². The third kappa shape index (κ3) is 7.22. The average Bonchev–Trinajstić information content (AvgIpc) is 3.29. The van der Waals surface area contributed by atoms with Gasteiger partial charge in [0.05, 0.1) is 11.7 Å². The van der Waals surface area contributed by atoms with Gasteiger partial charge in [-0.05, 0) is 50.6 Å². The van der Waals surface area contributed by atoms with E-state index in [0.717, 1.165) is 30.1 Å². The van der Waals surface area contributed by atoms with Crippen molar-refractivity contribution in [2.45, 2.75) is 44.3 Å². The monoisotopic (exact) mass is 582 g/mol. The fourth-order valence-corrected chi connectivity index (χ4v) is 5.92. The van der Waals surface area contributed by atoms with Gasteiger partial charge in [0.2, 0.25) is 5.91 Å². The third-order valence-electron chi connectivity index (χ3n) is 6.70. The first-order valence-corrected chi connectivity index (χ1v) is 13.4. The van der Waals surface area contributed by atoms with Crippen LogP contribution < -0.4 is 16.0 Å². The molecule has 0 saturated heterocycles. The van der Waals surface area contributed by atoms with Crippen LogP contribution in [0.3, 0.4) is 0 Å². The van der Waals surface area contributed by atoms with E-state index in [-0.39, 0.29) is 30.1 Å². The first kappa shape index (κ1) is 29.8. The van der Waals surface area contributed by atoms with Gasteiger partial charge in [0.15, 0.2) is 5.01 Å². The molecule has 1 saturated carbocycles. The van der Waals surface area contributed by atoms with Crippen molar-refractivity contribution in [2.75, 3.05) is 33.0 Å². The maximum absolute atomic E-state index is 13.2. The zero-order valence-electron chi connectivity index (χ0n) is 21.5. The fourth-order valence-electron chi connectivity index (χ4n) is 4.70. The van der Waals surface area contributed by atoms with Gasteiger partial charge in [-0.1, -0.05) is 11.6 Å². The van der Waals surface area contributed by atoms with Crippen molar-refractivity contribution in [3.63, 3.8) is 0 Å². The van der Waals surface area contributed by atoms with Crippen LogP contribution in [0, 0.1) is 5.92 Å². The number of fused-ring (bicyclic) bond motifs is 1. The number of hydrogen-bond donors (Lipinski definition) is 3.